The van der Waals surface area contributed by atoms with Crippen molar-refractivity contribution in [2.24, 2.45) is 0 Å². The van der Waals surface area contributed by atoms with E-state index >= 15 is 0 Å². The van der Waals surface area contributed by atoms with Gasteiger partial charge in [-0.3, -0.25) is 14.1 Å². The minimum Gasteiger partial charge on any atom is -0.453 e. The summed E-state index contributed by atoms with van der Waals surface area (Å²) in [5.74, 6) is -0.978. The number of ether oxygens (including phenoxy) is 1. The molecule has 0 saturated carbocycles. The highest BCUT2D eigenvalue weighted by molar-refractivity contribution is 7.90. The van der Waals surface area contributed by atoms with E-state index in [0.29, 0.717) is 17.1 Å². The second-order valence-corrected chi connectivity index (χ2v) is 12.3. The molecule has 6 rings (SSSR count). The summed E-state index contributed by atoms with van der Waals surface area (Å²) >= 11 is 0. The van der Waals surface area contributed by atoms with Crippen molar-refractivity contribution in [3.63, 3.8) is 0 Å². The third-order valence-electron chi connectivity index (χ3n) is 7.78. The van der Waals surface area contributed by atoms with Crippen LogP contribution in [0.5, 0.6) is 11.5 Å². The molecule has 230 valence electrons. The van der Waals surface area contributed by atoms with Crippen LogP contribution in [0.25, 0.3) is 16.6 Å². The van der Waals surface area contributed by atoms with Gasteiger partial charge < -0.3 is 10.1 Å². The Morgan fingerprint density at radius 3 is 2.59 bits per heavy atom. The molecule has 2 N–H and O–H groups in total. The molecule has 2 fully saturated rings. The van der Waals surface area contributed by atoms with Gasteiger partial charge in [0.25, 0.3) is 5.56 Å². The molecular formula is C30H29ClF2N6O4S. The van der Waals surface area contributed by atoms with Crippen LogP contribution in [0, 0.1) is 17.1 Å². The van der Waals surface area contributed by atoms with Crippen molar-refractivity contribution in [2.75, 3.05) is 30.9 Å². The molecule has 0 bridgehead atoms. The lowest BCUT2D eigenvalue weighted by atomic mass is 9.91. The molecule has 0 amide bonds. The summed E-state index contributed by atoms with van der Waals surface area (Å²) in [6.07, 6.45) is 2.43. The summed E-state index contributed by atoms with van der Waals surface area (Å²) in [5, 5.41) is 13.4. The molecule has 2 saturated heterocycles. The highest BCUT2D eigenvalue weighted by atomic mass is 35.5. The number of nitrogens with one attached hydrogen (secondary N) is 2. The van der Waals surface area contributed by atoms with Crippen LogP contribution in [0.4, 0.5) is 14.5 Å². The lowest BCUT2D eigenvalue weighted by molar-refractivity contribution is 0.343. The zero-order chi connectivity index (χ0) is 30.1. The molecule has 2 aliphatic heterocycles. The van der Waals surface area contributed by atoms with E-state index in [9.17, 15) is 27.3 Å². The first-order chi connectivity index (χ1) is 20.7. The number of benzene rings is 3. The molecule has 44 heavy (non-hydrogen) atoms. The largest absolute Gasteiger partial charge is 0.453 e. The highest BCUT2D eigenvalue weighted by Crippen LogP contribution is 2.35. The molecule has 3 heterocycles. The Balaban J connectivity index is 0.00000384. The van der Waals surface area contributed by atoms with E-state index in [1.807, 2.05) is 24.3 Å². The van der Waals surface area contributed by atoms with Crippen molar-refractivity contribution < 1.29 is 21.9 Å². The van der Waals surface area contributed by atoms with Crippen molar-refractivity contribution in [2.45, 2.75) is 31.4 Å². The quantitative estimate of drug-likeness (QED) is 0.297. The summed E-state index contributed by atoms with van der Waals surface area (Å²) in [5.41, 5.74) is 1.21. The fourth-order valence-electron chi connectivity index (χ4n) is 5.47. The average molecular weight is 643 g/mol. The Labute approximate surface area is 258 Å². The molecular weight excluding hydrogens is 614 g/mol. The summed E-state index contributed by atoms with van der Waals surface area (Å²) in [7, 11) is -4.20. The number of alkyl halides is 1. The van der Waals surface area contributed by atoms with E-state index in [0.717, 1.165) is 42.4 Å². The van der Waals surface area contributed by atoms with Crippen LogP contribution in [-0.4, -0.2) is 54.6 Å². The number of rotatable bonds is 7. The number of halogens is 3. The topological polar surface area (TPSA) is 129 Å². The molecule has 1 unspecified atom stereocenters. The number of anilines is 1. The Morgan fingerprint density at radius 1 is 1.11 bits per heavy atom. The van der Waals surface area contributed by atoms with Crippen LogP contribution in [0.15, 0.2) is 65.7 Å². The molecule has 2 aliphatic rings. The average Bonchev–Trinajstić information content (AvgIpc) is 3.47. The maximum absolute atomic E-state index is 14.9. The molecule has 10 nitrogen and oxygen atoms in total. The van der Waals surface area contributed by atoms with Gasteiger partial charge in [0.2, 0.25) is 0 Å². The van der Waals surface area contributed by atoms with Crippen LogP contribution >= 0.6 is 12.4 Å². The van der Waals surface area contributed by atoms with Gasteiger partial charge in [0, 0.05) is 19.6 Å². The van der Waals surface area contributed by atoms with Crippen LogP contribution in [0.2, 0.25) is 0 Å². The van der Waals surface area contributed by atoms with Gasteiger partial charge in [0.05, 0.1) is 22.3 Å². The summed E-state index contributed by atoms with van der Waals surface area (Å²) in [4.78, 5) is 17.9. The molecule has 14 heteroatoms. The SMILES string of the molecule is Cl.N#Cc1c(NS(=O)(=O)N2CC[C@@H](F)C2)ccc(F)c1Oc1ccc2ncn(-c3ccc(C4CCCNC4)cc3)c(=O)c2c1. The third-order valence-corrected chi connectivity index (χ3v) is 9.27. The van der Waals surface area contributed by atoms with Gasteiger partial charge >= 0.3 is 10.2 Å². The van der Waals surface area contributed by atoms with E-state index < -0.39 is 33.5 Å². The van der Waals surface area contributed by atoms with Gasteiger partial charge in [-0.25, -0.2) is 13.8 Å². The van der Waals surface area contributed by atoms with Crippen molar-refractivity contribution in [3.8, 4) is 23.3 Å². The first kappa shape index (κ1) is 31.3. The second-order valence-electron chi connectivity index (χ2n) is 10.6. The third kappa shape index (κ3) is 6.25. The first-order valence-corrected chi connectivity index (χ1v) is 15.3. The number of hydrogen-bond donors (Lipinski definition) is 2. The predicted molar refractivity (Wildman–Crippen MR) is 164 cm³/mol. The highest BCUT2D eigenvalue weighted by Gasteiger charge is 2.32. The minimum atomic E-state index is -4.20. The predicted octanol–water partition coefficient (Wildman–Crippen LogP) is 4.78. The van der Waals surface area contributed by atoms with E-state index in [1.54, 1.807) is 6.07 Å². The number of nitrogens with zero attached hydrogens (tertiary/aromatic N) is 4. The fourth-order valence-corrected chi connectivity index (χ4v) is 6.75. The Kier molecular flexibility index (Phi) is 9.17. The Morgan fingerprint density at radius 2 is 1.91 bits per heavy atom. The summed E-state index contributed by atoms with van der Waals surface area (Å²) < 4.78 is 64.4. The lowest BCUT2D eigenvalue weighted by Gasteiger charge is -2.23. The second kappa shape index (κ2) is 12.9. The molecule has 1 aromatic heterocycles. The Hall–Kier alpha value is -4.09. The van der Waals surface area contributed by atoms with Gasteiger partial charge in [0.15, 0.2) is 11.6 Å². The number of piperidine rings is 1. The van der Waals surface area contributed by atoms with Crippen molar-refractivity contribution in [1.29, 1.82) is 5.26 Å². The van der Waals surface area contributed by atoms with E-state index in [4.69, 9.17) is 4.74 Å². The van der Waals surface area contributed by atoms with Crippen molar-refractivity contribution in [3.05, 3.63) is 88.2 Å². The molecule has 3 aromatic carbocycles. The van der Waals surface area contributed by atoms with E-state index in [1.165, 1.54) is 34.7 Å². The van der Waals surface area contributed by atoms with Gasteiger partial charge in [-0.2, -0.15) is 18.0 Å². The van der Waals surface area contributed by atoms with Gasteiger partial charge in [-0.1, -0.05) is 12.1 Å². The fraction of sp³-hybridized carbons (Fsp3) is 0.300. The van der Waals surface area contributed by atoms with E-state index in [2.05, 4.69) is 15.0 Å². The molecule has 0 radical (unpaired) electrons. The minimum absolute atomic E-state index is 0. The number of aromatic nitrogens is 2. The maximum atomic E-state index is 14.9. The van der Waals surface area contributed by atoms with Gasteiger partial charge in [0.1, 0.15) is 29.9 Å². The van der Waals surface area contributed by atoms with Crippen molar-refractivity contribution >= 4 is 39.2 Å². The number of hydrogen-bond acceptors (Lipinski definition) is 7. The van der Waals surface area contributed by atoms with Crippen LogP contribution in [0.1, 0.15) is 36.3 Å². The standard InChI is InChI=1S/C30H28F2N6O4S.ClH/c31-21-11-13-37(17-21)43(40,41)36-28-10-8-26(32)29(25(28)15-33)42-23-7-9-27-24(14-23)30(39)38(18-35-27)22-5-3-19(4-6-22)20-2-1-12-34-16-20;/h3-10,14,18,20-21,34,36H,1-2,11-13,16-17H2;1H/t20?,21-;/m1./s1. The number of nitriles is 1. The lowest BCUT2D eigenvalue weighted by Crippen LogP contribution is -2.34. The molecule has 0 spiro atoms. The summed E-state index contributed by atoms with van der Waals surface area (Å²) in [6.45, 7) is 1.61. The van der Waals surface area contributed by atoms with Gasteiger partial charge in [-0.15, -0.1) is 12.4 Å². The van der Waals surface area contributed by atoms with Crippen LogP contribution < -0.4 is 20.3 Å². The zero-order valence-corrected chi connectivity index (χ0v) is 25.0. The van der Waals surface area contributed by atoms with Crippen molar-refractivity contribution in [1.82, 2.24) is 19.2 Å². The Bertz CT molecular complexity index is 1890. The molecule has 2 atom stereocenters. The molecule has 0 aliphatic carbocycles. The zero-order valence-electron chi connectivity index (χ0n) is 23.4. The van der Waals surface area contributed by atoms with Crippen LogP contribution in [-0.2, 0) is 10.2 Å². The normalized spacial score (nSPS) is 18.8. The monoisotopic (exact) mass is 642 g/mol. The summed E-state index contributed by atoms with van der Waals surface area (Å²) in [6, 6.07) is 16.0. The maximum Gasteiger partial charge on any atom is 0.301 e. The first-order valence-electron chi connectivity index (χ1n) is 13.9. The van der Waals surface area contributed by atoms with Gasteiger partial charge in [-0.05, 0) is 79.8 Å². The smallest absolute Gasteiger partial charge is 0.301 e. The van der Waals surface area contributed by atoms with E-state index in [-0.39, 0.29) is 54.3 Å². The molecule has 4 aromatic rings. The van der Waals surface area contributed by atoms with Crippen LogP contribution in [0.3, 0.4) is 0 Å². The number of fused-ring (bicyclic) bond motifs is 1.